The van der Waals surface area contributed by atoms with E-state index in [1.807, 2.05) is 13.1 Å². The number of fused-ring (bicyclic) bond motifs is 1. The Hall–Kier alpha value is -1.59. The molecule has 24 heavy (non-hydrogen) atoms. The number of anilines is 1. The Morgan fingerprint density at radius 3 is 2.33 bits per heavy atom. The molecule has 0 aromatic heterocycles. The van der Waals surface area contributed by atoms with Crippen molar-refractivity contribution in [3.8, 4) is 0 Å². The first-order valence-corrected chi connectivity index (χ1v) is 9.89. The van der Waals surface area contributed by atoms with Crippen LogP contribution in [0.3, 0.4) is 0 Å². The summed E-state index contributed by atoms with van der Waals surface area (Å²) in [5, 5.41) is 2.48. The van der Waals surface area contributed by atoms with Crippen LogP contribution in [0, 0.1) is 0 Å². The van der Waals surface area contributed by atoms with Crippen LogP contribution in [0.25, 0.3) is 10.8 Å². The van der Waals surface area contributed by atoms with E-state index in [-0.39, 0.29) is 11.2 Å². The third-order valence-electron chi connectivity index (χ3n) is 4.21. The molecule has 0 amide bonds. The van der Waals surface area contributed by atoms with Crippen LogP contribution in [0.2, 0.25) is 0 Å². The first-order valence-electron chi connectivity index (χ1n) is 8.28. The molecule has 0 spiro atoms. The van der Waals surface area contributed by atoms with E-state index < -0.39 is 10.1 Å². The first kappa shape index (κ1) is 18.7. The lowest BCUT2D eigenvalue weighted by Gasteiger charge is -2.30. The topological polar surface area (TPSA) is 57.6 Å². The minimum atomic E-state index is -3.87. The monoisotopic (exact) mass is 349 g/mol. The predicted molar refractivity (Wildman–Crippen MR) is 102 cm³/mol. The zero-order valence-corrected chi connectivity index (χ0v) is 15.7. The Morgan fingerprint density at radius 1 is 1.04 bits per heavy atom. The Labute approximate surface area is 145 Å². The number of rotatable bonds is 6. The van der Waals surface area contributed by atoms with Crippen molar-refractivity contribution in [1.29, 1.82) is 0 Å². The van der Waals surface area contributed by atoms with Crippen molar-refractivity contribution in [3.05, 3.63) is 42.0 Å². The molecule has 2 aromatic carbocycles. The zero-order valence-electron chi connectivity index (χ0n) is 14.9. The van der Waals surface area contributed by atoms with Crippen LogP contribution in [0.1, 0.15) is 39.2 Å². The Bertz CT molecular complexity index is 807. The zero-order chi connectivity index (χ0) is 18.0. The standard InChI is InChI=1S/C19H27NO3S/c1-19(2,3)18-16-10-6-5-9-15(16)11-12-17(18)20(4)13-7-8-14-24(21,22)23/h5-6,9-12H,7-8,13-14H2,1-4H3,(H,21,22,23). The summed E-state index contributed by atoms with van der Waals surface area (Å²) < 4.78 is 30.5. The molecule has 0 saturated heterocycles. The molecule has 5 heteroatoms. The smallest absolute Gasteiger partial charge is 0.264 e. The second kappa shape index (κ2) is 7.11. The van der Waals surface area contributed by atoms with Gasteiger partial charge in [-0.15, -0.1) is 0 Å². The van der Waals surface area contributed by atoms with Crippen LogP contribution in [0.5, 0.6) is 0 Å². The summed E-state index contributed by atoms with van der Waals surface area (Å²) in [6, 6.07) is 12.7. The van der Waals surface area contributed by atoms with Gasteiger partial charge in [0.25, 0.3) is 10.1 Å². The van der Waals surface area contributed by atoms with E-state index in [1.54, 1.807) is 0 Å². The molecule has 2 aromatic rings. The van der Waals surface area contributed by atoms with Gasteiger partial charge in [0.2, 0.25) is 0 Å². The fraction of sp³-hybridized carbons (Fsp3) is 0.474. The van der Waals surface area contributed by atoms with Crippen molar-refractivity contribution in [2.75, 3.05) is 24.2 Å². The fourth-order valence-electron chi connectivity index (χ4n) is 3.12. The number of hydrogen-bond acceptors (Lipinski definition) is 3. The van der Waals surface area contributed by atoms with Gasteiger partial charge in [-0.25, -0.2) is 0 Å². The van der Waals surface area contributed by atoms with Gasteiger partial charge in [-0.3, -0.25) is 4.55 Å². The van der Waals surface area contributed by atoms with E-state index in [4.69, 9.17) is 4.55 Å². The molecule has 0 aliphatic rings. The highest BCUT2D eigenvalue weighted by atomic mass is 32.2. The van der Waals surface area contributed by atoms with Crippen LogP contribution in [-0.4, -0.2) is 32.3 Å². The third kappa shape index (κ3) is 4.71. The molecule has 0 aliphatic carbocycles. The van der Waals surface area contributed by atoms with Crippen LogP contribution in [0.15, 0.2) is 36.4 Å². The third-order valence-corrected chi connectivity index (χ3v) is 5.02. The Kier molecular flexibility index (Phi) is 5.56. The highest BCUT2D eigenvalue weighted by Gasteiger charge is 2.22. The van der Waals surface area contributed by atoms with Gasteiger partial charge >= 0.3 is 0 Å². The molecule has 2 rings (SSSR count). The van der Waals surface area contributed by atoms with Crippen molar-refractivity contribution < 1.29 is 13.0 Å². The quantitative estimate of drug-likeness (QED) is 0.626. The van der Waals surface area contributed by atoms with E-state index in [2.05, 4.69) is 56.0 Å². The van der Waals surface area contributed by atoms with Crippen LogP contribution >= 0.6 is 0 Å². The molecule has 0 radical (unpaired) electrons. The lowest BCUT2D eigenvalue weighted by atomic mass is 9.82. The van der Waals surface area contributed by atoms with E-state index >= 15 is 0 Å². The van der Waals surface area contributed by atoms with Gasteiger partial charge in [0, 0.05) is 19.3 Å². The van der Waals surface area contributed by atoms with E-state index in [9.17, 15) is 8.42 Å². The fourth-order valence-corrected chi connectivity index (χ4v) is 3.69. The minimum absolute atomic E-state index is 0.00110. The van der Waals surface area contributed by atoms with Gasteiger partial charge in [-0.1, -0.05) is 51.1 Å². The van der Waals surface area contributed by atoms with Crippen molar-refractivity contribution in [2.45, 2.75) is 39.0 Å². The molecule has 0 aliphatic heterocycles. The van der Waals surface area contributed by atoms with Gasteiger partial charge in [-0.2, -0.15) is 8.42 Å². The highest BCUT2D eigenvalue weighted by molar-refractivity contribution is 7.85. The highest BCUT2D eigenvalue weighted by Crippen LogP contribution is 2.37. The summed E-state index contributed by atoms with van der Waals surface area (Å²) in [5.41, 5.74) is 2.48. The van der Waals surface area contributed by atoms with Crippen LogP contribution in [0.4, 0.5) is 5.69 Å². The lowest BCUT2D eigenvalue weighted by Crippen LogP contribution is -2.24. The lowest BCUT2D eigenvalue weighted by molar-refractivity contribution is 0.480. The second-order valence-corrected chi connectivity index (χ2v) is 8.92. The van der Waals surface area contributed by atoms with E-state index in [1.165, 1.54) is 22.0 Å². The summed E-state index contributed by atoms with van der Waals surface area (Å²) in [4.78, 5) is 2.18. The molecule has 0 saturated carbocycles. The number of hydrogen-bond donors (Lipinski definition) is 1. The average Bonchev–Trinajstić information content (AvgIpc) is 2.48. The average molecular weight is 349 g/mol. The molecule has 0 atom stereocenters. The molecule has 1 N–H and O–H groups in total. The van der Waals surface area contributed by atoms with E-state index in [0.29, 0.717) is 12.8 Å². The maximum Gasteiger partial charge on any atom is 0.264 e. The summed E-state index contributed by atoms with van der Waals surface area (Å²) in [6.07, 6.45) is 1.17. The Balaban J connectivity index is 2.27. The van der Waals surface area contributed by atoms with Crippen molar-refractivity contribution >= 4 is 26.6 Å². The molecular weight excluding hydrogens is 322 g/mol. The van der Waals surface area contributed by atoms with Crippen LogP contribution in [-0.2, 0) is 15.5 Å². The second-order valence-electron chi connectivity index (χ2n) is 7.35. The molecule has 132 valence electrons. The number of unbranched alkanes of at least 4 members (excludes halogenated alkanes) is 1. The largest absolute Gasteiger partial charge is 0.374 e. The van der Waals surface area contributed by atoms with Gasteiger partial charge in [0.05, 0.1) is 5.75 Å². The number of nitrogens with zero attached hydrogens (tertiary/aromatic N) is 1. The maximum absolute atomic E-state index is 10.8. The van der Waals surface area contributed by atoms with Gasteiger partial charge < -0.3 is 4.90 Å². The minimum Gasteiger partial charge on any atom is -0.374 e. The molecule has 0 fully saturated rings. The summed E-state index contributed by atoms with van der Waals surface area (Å²) in [6.45, 7) is 7.39. The van der Waals surface area contributed by atoms with Crippen molar-refractivity contribution in [3.63, 3.8) is 0 Å². The number of benzene rings is 2. The molecular formula is C19H27NO3S. The summed E-state index contributed by atoms with van der Waals surface area (Å²) in [5.74, 6) is -0.176. The van der Waals surface area contributed by atoms with Crippen LogP contribution < -0.4 is 4.90 Å². The van der Waals surface area contributed by atoms with E-state index in [0.717, 1.165) is 6.54 Å². The summed E-state index contributed by atoms with van der Waals surface area (Å²) in [7, 11) is -1.83. The normalized spacial score (nSPS) is 12.5. The molecule has 0 unspecified atom stereocenters. The molecule has 0 bridgehead atoms. The predicted octanol–water partition coefficient (Wildman–Crippen LogP) is 4.24. The summed E-state index contributed by atoms with van der Waals surface area (Å²) >= 11 is 0. The first-order chi connectivity index (χ1) is 11.1. The maximum atomic E-state index is 10.8. The Morgan fingerprint density at radius 2 is 1.71 bits per heavy atom. The van der Waals surface area contributed by atoms with Crippen molar-refractivity contribution in [1.82, 2.24) is 0 Å². The SMILES string of the molecule is CN(CCCCS(=O)(=O)O)c1ccc2ccccc2c1C(C)(C)C. The molecule has 0 heterocycles. The van der Waals surface area contributed by atoms with Gasteiger partial charge in [-0.05, 0) is 40.7 Å². The molecule has 4 nitrogen and oxygen atoms in total. The van der Waals surface area contributed by atoms with Gasteiger partial charge in [0.1, 0.15) is 0 Å². The van der Waals surface area contributed by atoms with Gasteiger partial charge in [0.15, 0.2) is 0 Å². The van der Waals surface area contributed by atoms with Crippen molar-refractivity contribution in [2.24, 2.45) is 0 Å².